The summed E-state index contributed by atoms with van der Waals surface area (Å²) < 4.78 is 0. The van der Waals surface area contributed by atoms with Crippen LogP contribution in [0.1, 0.15) is 35.3 Å². The van der Waals surface area contributed by atoms with Gasteiger partial charge in [0, 0.05) is 5.56 Å². The lowest BCUT2D eigenvalue weighted by atomic mass is 9.95. The van der Waals surface area contributed by atoms with Crippen molar-refractivity contribution in [3.8, 4) is 11.1 Å². The molecule has 0 unspecified atom stereocenters. The third-order valence-electron chi connectivity index (χ3n) is 3.24. The topological polar surface area (TPSA) is 17.1 Å². The number of hydrogen-bond acceptors (Lipinski definition) is 1. The van der Waals surface area contributed by atoms with Crippen molar-refractivity contribution in [2.45, 2.75) is 27.2 Å². The van der Waals surface area contributed by atoms with Gasteiger partial charge in [-0.2, -0.15) is 0 Å². The fourth-order valence-corrected chi connectivity index (χ4v) is 2.31. The van der Waals surface area contributed by atoms with Crippen LogP contribution in [0.25, 0.3) is 11.1 Å². The van der Waals surface area contributed by atoms with Gasteiger partial charge in [0.15, 0.2) is 6.29 Å². The first-order chi connectivity index (χ1) is 9.10. The Morgan fingerprint density at radius 1 is 1.05 bits per heavy atom. The van der Waals surface area contributed by atoms with Crippen molar-refractivity contribution in [1.29, 1.82) is 0 Å². The van der Waals surface area contributed by atoms with E-state index in [1.807, 2.05) is 19.1 Å². The van der Waals surface area contributed by atoms with Crippen LogP contribution in [0.3, 0.4) is 0 Å². The normalized spacial score (nSPS) is 10.7. The van der Waals surface area contributed by atoms with Crippen molar-refractivity contribution in [1.82, 2.24) is 0 Å². The van der Waals surface area contributed by atoms with Gasteiger partial charge in [0.1, 0.15) is 0 Å². The van der Waals surface area contributed by atoms with Crippen LogP contribution in [0.2, 0.25) is 0 Å². The molecule has 0 saturated carbocycles. The molecule has 0 bridgehead atoms. The highest BCUT2D eigenvalue weighted by Gasteiger charge is 2.05. The zero-order valence-corrected chi connectivity index (χ0v) is 11.8. The molecule has 2 rings (SSSR count). The molecule has 0 spiro atoms. The fourth-order valence-electron chi connectivity index (χ4n) is 2.31. The van der Waals surface area contributed by atoms with E-state index < -0.39 is 0 Å². The van der Waals surface area contributed by atoms with Crippen LogP contribution in [0, 0.1) is 12.8 Å². The van der Waals surface area contributed by atoms with Crippen molar-refractivity contribution in [3.05, 3.63) is 59.2 Å². The molecule has 0 fully saturated rings. The molecule has 0 aliphatic carbocycles. The van der Waals surface area contributed by atoms with E-state index in [0.29, 0.717) is 5.92 Å². The Balaban J connectivity index is 2.36. The number of aldehydes is 1. The number of carbonyl (C=O) groups is 1. The van der Waals surface area contributed by atoms with Crippen LogP contribution in [-0.4, -0.2) is 6.29 Å². The summed E-state index contributed by atoms with van der Waals surface area (Å²) in [6.45, 7) is 6.49. The summed E-state index contributed by atoms with van der Waals surface area (Å²) >= 11 is 0. The molecule has 0 heterocycles. The number of aryl methyl sites for hydroxylation is 1. The van der Waals surface area contributed by atoms with Gasteiger partial charge >= 0.3 is 0 Å². The molecule has 0 aromatic heterocycles. The lowest BCUT2D eigenvalue weighted by Crippen LogP contribution is -1.94. The Morgan fingerprint density at radius 2 is 1.74 bits per heavy atom. The molecule has 0 N–H and O–H groups in total. The number of carbonyl (C=O) groups excluding carboxylic acids is 1. The van der Waals surface area contributed by atoms with Gasteiger partial charge in [0.05, 0.1) is 0 Å². The van der Waals surface area contributed by atoms with Crippen LogP contribution in [0.5, 0.6) is 0 Å². The van der Waals surface area contributed by atoms with Gasteiger partial charge in [-0.1, -0.05) is 61.9 Å². The van der Waals surface area contributed by atoms with E-state index in [-0.39, 0.29) is 0 Å². The molecular weight excluding hydrogens is 232 g/mol. The van der Waals surface area contributed by atoms with Crippen molar-refractivity contribution in [3.63, 3.8) is 0 Å². The second kappa shape index (κ2) is 5.83. The zero-order chi connectivity index (χ0) is 13.8. The highest BCUT2D eigenvalue weighted by molar-refractivity contribution is 5.87. The van der Waals surface area contributed by atoms with Gasteiger partial charge in [0.25, 0.3) is 0 Å². The molecule has 0 saturated heterocycles. The summed E-state index contributed by atoms with van der Waals surface area (Å²) in [4.78, 5) is 11.1. The van der Waals surface area contributed by atoms with Gasteiger partial charge in [-0.25, -0.2) is 0 Å². The largest absolute Gasteiger partial charge is 0.298 e. The SMILES string of the molecule is Cc1ccc(C=O)c(-c2ccc(CC(C)C)cc2)c1. The van der Waals surface area contributed by atoms with E-state index in [1.165, 1.54) is 11.1 Å². The first-order valence-corrected chi connectivity index (χ1v) is 6.75. The van der Waals surface area contributed by atoms with Gasteiger partial charge in [-0.3, -0.25) is 4.79 Å². The van der Waals surface area contributed by atoms with Crippen LogP contribution >= 0.6 is 0 Å². The van der Waals surface area contributed by atoms with E-state index in [4.69, 9.17) is 0 Å². The highest BCUT2D eigenvalue weighted by Crippen LogP contribution is 2.25. The molecule has 19 heavy (non-hydrogen) atoms. The number of hydrogen-bond donors (Lipinski definition) is 0. The molecule has 0 aliphatic rings. The summed E-state index contributed by atoms with van der Waals surface area (Å²) in [7, 11) is 0. The first-order valence-electron chi connectivity index (χ1n) is 6.75. The molecule has 1 nitrogen and oxygen atoms in total. The second-order valence-corrected chi connectivity index (χ2v) is 5.50. The smallest absolute Gasteiger partial charge is 0.150 e. The van der Waals surface area contributed by atoms with Crippen LogP contribution < -0.4 is 0 Å². The maximum Gasteiger partial charge on any atom is 0.150 e. The quantitative estimate of drug-likeness (QED) is 0.722. The highest BCUT2D eigenvalue weighted by atomic mass is 16.1. The van der Waals surface area contributed by atoms with Crippen LogP contribution in [0.15, 0.2) is 42.5 Å². The summed E-state index contributed by atoms with van der Waals surface area (Å²) in [5.74, 6) is 0.662. The molecule has 0 amide bonds. The molecule has 2 aromatic rings. The average molecular weight is 252 g/mol. The maximum atomic E-state index is 11.1. The van der Waals surface area contributed by atoms with E-state index in [9.17, 15) is 4.79 Å². The Labute approximate surface area is 115 Å². The lowest BCUT2D eigenvalue weighted by Gasteiger charge is -2.09. The summed E-state index contributed by atoms with van der Waals surface area (Å²) in [6.07, 6.45) is 2.02. The van der Waals surface area contributed by atoms with Gasteiger partial charge in [-0.05, 0) is 36.0 Å². The molecular formula is C18H20O. The third kappa shape index (κ3) is 3.31. The number of benzene rings is 2. The predicted molar refractivity (Wildman–Crippen MR) is 80.5 cm³/mol. The molecule has 98 valence electrons. The van der Waals surface area contributed by atoms with Crippen LogP contribution in [0.4, 0.5) is 0 Å². The minimum absolute atomic E-state index is 0.662. The monoisotopic (exact) mass is 252 g/mol. The van der Waals surface area contributed by atoms with Crippen molar-refractivity contribution in [2.24, 2.45) is 5.92 Å². The Kier molecular flexibility index (Phi) is 4.16. The van der Waals surface area contributed by atoms with Crippen LogP contribution in [-0.2, 0) is 6.42 Å². The van der Waals surface area contributed by atoms with E-state index >= 15 is 0 Å². The molecule has 0 atom stereocenters. The molecule has 0 radical (unpaired) electrons. The number of rotatable bonds is 4. The van der Waals surface area contributed by atoms with Crippen molar-refractivity contribution >= 4 is 6.29 Å². The predicted octanol–water partition coefficient (Wildman–Crippen LogP) is 4.67. The minimum Gasteiger partial charge on any atom is -0.298 e. The van der Waals surface area contributed by atoms with E-state index in [2.05, 4.69) is 44.2 Å². The van der Waals surface area contributed by atoms with Crippen molar-refractivity contribution < 1.29 is 4.79 Å². The Bertz CT molecular complexity index is 565. The Hall–Kier alpha value is -1.89. The van der Waals surface area contributed by atoms with E-state index in [0.717, 1.165) is 29.4 Å². The fraction of sp³-hybridized carbons (Fsp3) is 0.278. The van der Waals surface area contributed by atoms with Gasteiger partial charge in [-0.15, -0.1) is 0 Å². The standard InChI is InChI=1S/C18H20O/c1-13(2)10-15-5-8-16(9-6-15)18-11-14(3)4-7-17(18)12-19/h4-9,11-13H,10H2,1-3H3. The van der Waals surface area contributed by atoms with E-state index in [1.54, 1.807) is 0 Å². The van der Waals surface area contributed by atoms with Gasteiger partial charge < -0.3 is 0 Å². The van der Waals surface area contributed by atoms with Crippen molar-refractivity contribution in [2.75, 3.05) is 0 Å². The molecule has 0 aliphatic heterocycles. The summed E-state index contributed by atoms with van der Waals surface area (Å²) in [6, 6.07) is 14.5. The average Bonchev–Trinajstić information content (AvgIpc) is 2.39. The Morgan fingerprint density at radius 3 is 2.32 bits per heavy atom. The third-order valence-corrected chi connectivity index (χ3v) is 3.24. The minimum atomic E-state index is 0.662. The first kappa shape index (κ1) is 13.5. The second-order valence-electron chi connectivity index (χ2n) is 5.50. The molecule has 1 heteroatoms. The lowest BCUT2D eigenvalue weighted by molar-refractivity contribution is 0.112. The van der Waals surface area contributed by atoms with Gasteiger partial charge in [0.2, 0.25) is 0 Å². The molecule has 2 aromatic carbocycles. The summed E-state index contributed by atoms with van der Waals surface area (Å²) in [5, 5.41) is 0. The summed E-state index contributed by atoms with van der Waals surface area (Å²) in [5.41, 5.74) is 5.40. The zero-order valence-electron chi connectivity index (χ0n) is 11.8. The maximum absolute atomic E-state index is 11.1.